The van der Waals surface area contributed by atoms with Crippen molar-refractivity contribution in [1.29, 1.82) is 0 Å². The summed E-state index contributed by atoms with van der Waals surface area (Å²) < 4.78 is 0. The van der Waals surface area contributed by atoms with Gasteiger partial charge in [-0.1, -0.05) is 0 Å². The van der Waals surface area contributed by atoms with E-state index >= 15 is 0 Å². The fourth-order valence-corrected chi connectivity index (χ4v) is 0.608. The van der Waals surface area contributed by atoms with Gasteiger partial charge in [-0.15, -0.1) is 0 Å². The Morgan fingerprint density at radius 3 is 0.535 bits per heavy atom. The van der Waals surface area contributed by atoms with E-state index in [1.165, 1.54) is 0 Å². The van der Waals surface area contributed by atoms with Gasteiger partial charge >= 0.3 is 41.8 Å². The minimum Gasteiger partial charge on any atom is -0.480 e. The molecule has 2 amide bonds. The summed E-state index contributed by atoms with van der Waals surface area (Å²) >= 11 is 0. The van der Waals surface area contributed by atoms with E-state index in [0.717, 1.165) is 0 Å². The quantitative estimate of drug-likeness (QED) is 0.0997. The summed E-state index contributed by atoms with van der Waals surface area (Å²) in [6.45, 7) is -1.39. The zero-order valence-corrected chi connectivity index (χ0v) is 22.6. The molecule has 0 aliphatic rings. The van der Waals surface area contributed by atoms with Gasteiger partial charge in [0.25, 0.3) is 0 Å². The van der Waals surface area contributed by atoms with Gasteiger partial charge in [-0.05, 0) is 0 Å². The summed E-state index contributed by atoms with van der Waals surface area (Å²) in [6.07, 6.45) is -0.620. The largest absolute Gasteiger partial charge is 0.480 e. The molecule has 2 unspecified atom stereocenters. The first-order chi connectivity index (χ1) is 19.4. The normalized spacial score (nSPS) is 9.56. The Labute approximate surface area is 242 Å². The first-order valence-corrected chi connectivity index (χ1v) is 10.6. The van der Waals surface area contributed by atoms with Crippen molar-refractivity contribution in [2.75, 3.05) is 32.7 Å². The third kappa shape index (κ3) is 103. The lowest BCUT2D eigenvalue weighted by molar-refractivity contribution is -0.140. The lowest BCUT2D eigenvalue weighted by Gasteiger charge is -1.99. The standard InChI is InChI=1S/2C4H8N2O3.5C2H5NO2/c2*5-2(4(8)9)1-3(6)7;5*3-1-2(4)5/h2*2H,1,5H2,(H2,6,7)(H,8,9);5*1,3H2,(H,4,5). The van der Waals surface area contributed by atoms with Crippen LogP contribution in [0.2, 0.25) is 0 Å². The van der Waals surface area contributed by atoms with Crippen LogP contribution in [0.4, 0.5) is 0 Å². The fourth-order valence-electron chi connectivity index (χ4n) is 0.608. The van der Waals surface area contributed by atoms with Gasteiger partial charge in [0.2, 0.25) is 11.8 Å². The van der Waals surface area contributed by atoms with Gasteiger partial charge < -0.3 is 87.3 Å². The topological polar surface area (TPSA) is 529 Å². The smallest absolute Gasteiger partial charge is 0.321 e. The number of carbonyl (C=O) groups excluding carboxylic acids is 2. The molecule has 0 saturated heterocycles. The van der Waals surface area contributed by atoms with Gasteiger partial charge in [0.15, 0.2) is 0 Å². The molecule has 0 rings (SSSR count). The third-order valence-corrected chi connectivity index (χ3v) is 2.35. The molecule has 25 N–H and O–H groups in total. The molecule has 25 heteroatoms. The van der Waals surface area contributed by atoms with Crippen molar-refractivity contribution in [3.05, 3.63) is 0 Å². The molecule has 0 bridgehead atoms. The number of rotatable bonds is 11. The second kappa shape index (κ2) is 39.1. The van der Waals surface area contributed by atoms with Crippen LogP contribution in [0.25, 0.3) is 0 Å². The van der Waals surface area contributed by atoms with Gasteiger partial charge in [0.1, 0.15) is 12.1 Å². The van der Waals surface area contributed by atoms with Crippen LogP contribution in [0.3, 0.4) is 0 Å². The molecule has 25 nitrogen and oxygen atoms in total. The molecule has 0 saturated carbocycles. The first-order valence-electron chi connectivity index (χ1n) is 10.6. The molecule has 0 aliphatic heterocycles. The molecular formula is C18H41N9O16. The van der Waals surface area contributed by atoms with E-state index in [2.05, 4.69) is 40.1 Å². The lowest BCUT2D eigenvalue weighted by Crippen LogP contribution is -2.34. The Hall–Kier alpha value is -5.05. The predicted molar refractivity (Wildman–Crippen MR) is 142 cm³/mol. The van der Waals surface area contributed by atoms with Crippen molar-refractivity contribution in [2.24, 2.45) is 51.6 Å². The number of aliphatic carboxylic acids is 7. The van der Waals surface area contributed by atoms with Crippen LogP contribution < -0.4 is 51.6 Å². The molecule has 0 aromatic carbocycles. The van der Waals surface area contributed by atoms with Crippen LogP contribution in [-0.2, 0) is 43.2 Å². The van der Waals surface area contributed by atoms with Crippen molar-refractivity contribution in [2.45, 2.75) is 24.9 Å². The van der Waals surface area contributed by atoms with E-state index in [0.29, 0.717) is 0 Å². The van der Waals surface area contributed by atoms with Gasteiger partial charge in [-0.25, -0.2) is 0 Å². The van der Waals surface area contributed by atoms with Crippen molar-refractivity contribution in [3.63, 3.8) is 0 Å². The Kier molecular flexibility index (Phi) is 49.2. The van der Waals surface area contributed by atoms with Crippen molar-refractivity contribution < 1.29 is 78.9 Å². The van der Waals surface area contributed by atoms with E-state index < -0.39 is 65.7 Å². The van der Waals surface area contributed by atoms with E-state index in [4.69, 9.17) is 47.2 Å². The third-order valence-electron chi connectivity index (χ3n) is 2.35. The SMILES string of the molecule is NC(=O)CC(N)C(=O)O.NC(=O)CC(N)C(=O)O.NCC(=O)O.NCC(=O)O.NCC(=O)O.NCC(=O)O.NCC(=O)O. The number of carboxylic acid groups (broad SMARTS) is 7. The summed E-state index contributed by atoms with van der Waals surface area (Å²) in [5, 5.41) is 54.2. The average Bonchev–Trinajstić information content (AvgIpc) is 2.89. The highest BCUT2D eigenvalue weighted by molar-refractivity contribution is 5.83. The molecule has 0 aromatic heterocycles. The Morgan fingerprint density at radius 2 is 0.512 bits per heavy atom. The van der Waals surface area contributed by atoms with Crippen LogP contribution in [0.5, 0.6) is 0 Å². The van der Waals surface area contributed by atoms with Crippen molar-refractivity contribution >= 4 is 53.6 Å². The van der Waals surface area contributed by atoms with E-state index in [1.54, 1.807) is 0 Å². The second-order valence-corrected chi connectivity index (χ2v) is 6.22. The molecule has 0 aromatic rings. The summed E-state index contributed by atoms with van der Waals surface area (Å²) in [5.41, 5.74) is 42.0. The Morgan fingerprint density at radius 1 is 0.395 bits per heavy atom. The maximum Gasteiger partial charge on any atom is 0.321 e. The van der Waals surface area contributed by atoms with E-state index in [9.17, 15) is 43.2 Å². The molecule has 2 atom stereocenters. The molecule has 0 fully saturated rings. The zero-order chi connectivity index (χ0) is 36.3. The number of hydrogen-bond acceptors (Lipinski definition) is 16. The Balaban J connectivity index is -0.0000000718. The van der Waals surface area contributed by atoms with E-state index in [1.807, 2.05) is 0 Å². The number of carboxylic acids is 7. The van der Waals surface area contributed by atoms with Crippen LogP contribution in [0.1, 0.15) is 12.8 Å². The lowest BCUT2D eigenvalue weighted by atomic mass is 10.2. The molecule has 43 heavy (non-hydrogen) atoms. The Bertz CT molecular complexity index is 729. The van der Waals surface area contributed by atoms with E-state index in [-0.39, 0.29) is 45.6 Å². The fraction of sp³-hybridized carbons (Fsp3) is 0.500. The maximum absolute atomic E-state index is 9.99. The van der Waals surface area contributed by atoms with Gasteiger partial charge in [-0.3, -0.25) is 43.2 Å². The molecule has 0 aliphatic carbocycles. The van der Waals surface area contributed by atoms with Gasteiger partial charge in [0.05, 0.1) is 45.6 Å². The molecule has 0 heterocycles. The highest BCUT2D eigenvalue weighted by Gasteiger charge is 2.13. The van der Waals surface area contributed by atoms with Crippen LogP contribution in [0.15, 0.2) is 0 Å². The minimum atomic E-state index is -1.21. The zero-order valence-electron chi connectivity index (χ0n) is 22.6. The first kappa shape index (κ1) is 54.1. The highest BCUT2D eigenvalue weighted by Crippen LogP contribution is 1.85. The van der Waals surface area contributed by atoms with Crippen LogP contribution in [0, 0.1) is 0 Å². The van der Waals surface area contributed by atoms with Crippen molar-refractivity contribution in [1.82, 2.24) is 0 Å². The average molecular weight is 640 g/mol. The summed E-state index contributed by atoms with van der Waals surface area (Å²) in [7, 11) is 0. The summed E-state index contributed by atoms with van der Waals surface area (Å²) in [6, 6.07) is -2.33. The molecular weight excluding hydrogens is 598 g/mol. The highest BCUT2D eigenvalue weighted by atomic mass is 16.4. The number of hydrogen-bond donors (Lipinski definition) is 16. The summed E-state index contributed by atoms with van der Waals surface area (Å²) in [4.78, 5) is 86.0. The number of carbonyl (C=O) groups is 9. The molecule has 254 valence electrons. The maximum atomic E-state index is 9.99. The number of amides is 2. The second-order valence-electron chi connectivity index (χ2n) is 6.22. The predicted octanol–water partition coefficient (Wildman–Crippen LogP) is -8.30. The summed E-state index contributed by atoms with van der Waals surface area (Å²) in [5.74, 6) is -8.67. The van der Waals surface area contributed by atoms with Gasteiger partial charge in [-0.2, -0.15) is 0 Å². The molecule has 0 radical (unpaired) electrons. The number of primary amides is 2. The van der Waals surface area contributed by atoms with Crippen molar-refractivity contribution in [3.8, 4) is 0 Å². The monoisotopic (exact) mass is 639 g/mol. The minimum absolute atomic E-state index is 0.278. The van der Waals surface area contributed by atoms with Gasteiger partial charge in [0, 0.05) is 0 Å². The number of nitrogens with two attached hydrogens (primary N) is 9. The van der Waals surface area contributed by atoms with Crippen LogP contribution in [-0.4, -0.2) is 134 Å². The molecule has 0 spiro atoms. The van der Waals surface area contributed by atoms with Crippen LogP contribution >= 0.6 is 0 Å².